The summed E-state index contributed by atoms with van der Waals surface area (Å²) in [5, 5.41) is 0. The van der Waals surface area contributed by atoms with Crippen molar-refractivity contribution in [2.75, 3.05) is 11.5 Å². The van der Waals surface area contributed by atoms with Crippen molar-refractivity contribution in [3.05, 3.63) is 29.8 Å². The summed E-state index contributed by atoms with van der Waals surface area (Å²) in [6.45, 7) is 0. The molecule has 1 aliphatic rings. The first-order chi connectivity index (χ1) is 10.1. The molecule has 0 aliphatic carbocycles. The zero-order chi connectivity index (χ0) is 16.5. The lowest BCUT2D eigenvalue weighted by atomic mass is 10.1. The standard InChI is InChI=1S/C11H12F2N2O5S2/c12-8-2-1-3-9(13)10(8)22(19,20)15-14-11(16)7-4-5-21(17,18)6-7/h1-3,7,15H,4-6H2,(H,14,16)/t7-/m1/s1. The summed E-state index contributed by atoms with van der Waals surface area (Å²) in [4.78, 5) is 12.0. The van der Waals surface area contributed by atoms with E-state index < -0.39 is 54.0 Å². The van der Waals surface area contributed by atoms with Crippen LogP contribution in [0.4, 0.5) is 8.78 Å². The van der Waals surface area contributed by atoms with Crippen molar-refractivity contribution in [3.63, 3.8) is 0 Å². The van der Waals surface area contributed by atoms with Crippen LogP contribution in [0.15, 0.2) is 23.1 Å². The van der Waals surface area contributed by atoms with Gasteiger partial charge in [-0.15, -0.1) is 4.83 Å². The van der Waals surface area contributed by atoms with Gasteiger partial charge in [0.05, 0.1) is 17.4 Å². The quantitative estimate of drug-likeness (QED) is 0.722. The lowest BCUT2D eigenvalue weighted by Gasteiger charge is -2.12. The predicted octanol–water partition coefficient (Wildman–Crippen LogP) is -0.291. The lowest BCUT2D eigenvalue weighted by molar-refractivity contribution is -0.124. The van der Waals surface area contributed by atoms with Crippen LogP contribution in [0, 0.1) is 17.6 Å². The Bertz CT molecular complexity index is 788. The minimum absolute atomic E-state index is 0.0595. The summed E-state index contributed by atoms with van der Waals surface area (Å²) in [5.74, 6) is -4.97. The number of halogens is 2. The van der Waals surface area contributed by atoms with E-state index in [1.807, 2.05) is 0 Å². The van der Waals surface area contributed by atoms with Crippen molar-refractivity contribution >= 4 is 25.8 Å². The molecule has 2 rings (SSSR count). The highest BCUT2D eigenvalue weighted by atomic mass is 32.2. The normalized spacial score (nSPS) is 20.7. The Morgan fingerprint density at radius 3 is 2.32 bits per heavy atom. The van der Waals surface area contributed by atoms with Gasteiger partial charge in [0.25, 0.3) is 10.0 Å². The maximum atomic E-state index is 13.4. The second-order valence-corrected chi connectivity index (χ2v) is 8.59. The van der Waals surface area contributed by atoms with Crippen LogP contribution < -0.4 is 10.3 Å². The van der Waals surface area contributed by atoms with E-state index in [2.05, 4.69) is 0 Å². The second kappa shape index (κ2) is 5.89. The first kappa shape index (κ1) is 16.8. The highest BCUT2D eigenvalue weighted by Gasteiger charge is 2.34. The zero-order valence-electron chi connectivity index (χ0n) is 11.0. The van der Waals surface area contributed by atoms with Gasteiger partial charge in [-0.3, -0.25) is 10.2 Å². The summed E-state index contributed by atoms with van der Waals surface area (Å²) in [7, 11) is -7.97. The minimum atomic E-state index is -4.66. The van der Waals surface area contributed by atoms with Gasteiger partial charge < -0.3 is 0 Å². The topological polar surface area (TPSA) is 109 Å². The molecule has 22 heavy (non-hydrogen) atoms. The van der Waals surface area contributed by atoms with Gasteiger partial charge in [0.1, 0.15) is 11.6 Å². The molecule has 1 heterocycles. The Kier molecular flexibility index (Phi) is 4.49. The Labute approximate surface area is 125 Å². The maximum Gasteiger partial charge on any atom is 0.263 e. The van der Waals surface area contributed by atoms with E-state index in [4.69, 9.17) is 0 Å². The molecular formula is C11H12F2N2O5S2. The van der Waals surface area contributed by atoms with E-state index in [1.54, 1.807) is 10.3 Å². The number of amides is 1. The van der Waals surface area contributed by atoms with Gasteiger partial charge in [-0.25, -0.2) is 25.6 Å². The van der Waals surface area contributed by atoms with E-state index in [0.29, 0.717) is 0 Å². The summed E-state index contributed by atoms with van der Waals surface area (Å²) >= 11 is 0. The molecule has 0 unspecified atom stereocenters. The SMILES string of the molecule is O=C(NNS(=O)(=O)c1c(F)cccc1F)[C@@H]1CCS(=O)(=O)C1. The number of carbonyl (C=O) groups excluding carboxylic acids is 1. The number of rotatable bonds is 4. The van der Waals surface area contributed by atoms with Gasteiger partial charge in [-0.05, 0) is 18.6 Å². The largest absolute Gasteiger partial charge is 0.277 e. The lowest BCUT2D eigenvalue weighted by Crippen LogP contribution is -2.45. The average molecular weight is 354 g/mol. The number of nitrogens with one attached hydrogen (secondary N) is 2. The van der Waals surface area contributed by atoms with Crippen LogP contribution in [0.1, 0.15) is 6.42 Å². The van der Waals surface area contributed by atoms with Crippen LogP contribution in [0.25, 0.3) is 0 Å². The molecule has 1 aliphatic heterocycles. The number of carbonyl (C=O) groups is 1. The Morgan fingerprint density at radius 2 is 1.82 bits per heavy atom. The number of hydrogen-bond donors (Lipinski definition) is 2. The van der Waals surface area contributed by atoms with Gasteiger partial charge in [0, 0.05) is 0 Å². The third-order valence-corrected chi connectivity index (χ3v) is 6.17. The molecule has 0 spiro atoms. The molecule has 1 saturated heterocycles. The fraction of sp³-hybridized carbons (Fsp3) is 0.364. The molecule has 0 bridgehead atoms. The van der Waals surface area contributed by atoms with Gasteiger partial charge >= 0.3 is 0 Å². The summed E-state index contributed by atoms with van der Waals surface area (Å²) in [6, 6.07) is 2.50. The molecule has 122 valence electrons. The van der Waals surface area contributed by atoms with E-state index in [0.717, 1.165) is 18.2 Å². The van der Waals surface area contributed by atoms with Crippen molar-refractivity contribution in [3.8, 4) is 0 Å². The molecule has 11 heteroatoms. The molecule has 2 N–H and O–H groups in total. The van der Waals surface area contributed by atoms with Gasteiger partial charge in [0.2, 0.25) is 5.91 Å². The van der Waals surface area contributed by atoms with Crippen molar-refractivity contribution < 1.29 is 30.4 Å². The molecule has 1 fully saturated rings. The first-order valence-electron chi connectivity index (χ1n) is 6.08. The summed E-state index contributed by atoms with van der Waals surface area (Å²) in [6.07, 6.45) is 0.0595. The van der Waals surface area contributed by atoms with Crippen molar-refractivity contribution in [2.45, 2.75) is 11.3 Å². The number of sulfonamides is 1. The van der Waals surface area contributed by atoms with Crippen LogP contribution in [-0.2, 0) is 24.7 Å². The van der Waals surface area contributed by atoms with E-state index in [9.17, 15) is 30.4 Å². The van der Waals surface area contributed by atoms with E-state index >= 15 is 0 Å². The minimum Gasteiger partial charge on any atom is -0.277 e. The Morgan fingerprint density at radius 1 is 1.23 bits per heavy atom. The van der Waals surface area contributed by atoms with Gasteiger partial charge in [0.15, 0.2) is 14.7 Å². The summed E-state index contributed by atoms with van der Waals surface area (Å²) in [5.41, 5.74) is 1.78. The number of benzene rings is 1. The highest BCUT2D eigenvalue weighted by molar-refractivity contribution is 7.91. The van der Waals surface area contributed by atoms with Crippen molar-refractivity contribution in [1.29, 1.82) is 0 Å². The predicted molar refractivity (Wildman–Crippen MR) is 71.6 cm³/mol. The van der Waals surface area contributed by atoms with Crippen molar-refractivity contribution in [2.24, 2.45) is 5.92 Å². The van der Waals surface area contributed by atoms with Crippen LogP contribution in [0.5, 0.6) is 0 Å². The fourth-order valence-electron chi connectivity index (χ4n) is 2.01. The molecule has 1 aromatic carbocycles. The smallest absolute Gasteiger partial charge is 0.263 e. The third-order valence-electron chi connectivity index (χ3n) is 3.10. The monoisotopic (exact) mass is 354 g/mol. The highest BCUT2D eigenvalue weighted by Crippen LogP contribution is 2.19. The first-order valence-corrected chi connectivity index (χ1v) is 9.39. The number of hydrazine groups is 1. The molecular weight excluding hydrogens is 342 g/mol. The maximum absolute atomic E-state index is 13.4. The molecule has 1 aromatic rings. The second-order valence-electron chi connectivity index (χ2n) is 4.75. The average Bonchev–Trinajstić information content (AvgIpc) is 2.76. The molecule has 0 radical (unpaired) electrons. The van der Waals surface area contributed by atoms with Gasteiger partial charge in [-0.1, -0.05) is 6.07 Å². The molecule has 1 amide bonds. The van der Waals surface area contributed by atoms with Crippen LogP contribution in [0.2, 0.25) is 0 Å². The van der Waals surface area contributed by atoms with Crippen LogP contribution >= 0.6 is 0 Å². The van der Waals surface area contributed by atoms with E-state index in [-0.39, 0.29) is 12.2 Å². The zero-order valence-corrected chi connectivity index (χ0v) is 12.7. The van der Waals surface area contributed by atoms with Crippen molar-refractivity contribution in [1.82, 2.24) is 10.3 Å². The summed E-state index contributed by atoms with van der Waals surface area (Å²) < 4.78 is 72.9. The van der Waals surface area contributed by atoms with Crippen LogP contribution in [-0.4, -0.2) is 34.2 Å². The Balaban J connectivity index is 2.09. The van der Waals surface area contributed by atoms with E-state index in [1.165, 1.54) is 0 Å². The molecule has 1 atom stereocenters. The van der Waals surface area contributed by atoms with Crippen LogP contribution in [0.3, 0.4) is 0 Å². The number of hydrogen-bond acceptors (Lipinski definition) is 5. The Hall–Kier alpha value is -1.59. The fourth-order valence-corrected chi connectivity index (χ4v) is 4.74. The molecule has 0 aromatic heterocycles. The van der Waals surface area contributed by atoms with Gasteiger partial charge in [-0.2, -0.15) is 0 Å². The number of sulfone groups is 1. The molecule has 0 saturated carbocycles. The molecule has 7 nitrogen and oxygen atoms in total. The third kappa shape index (κ3) is 3.59.